The number of urea groups is 1. The highest BCUT2D eigenvalue weighted by molar-refractivity contribution is 6.01. The van der Waals surface area contributed by atoms with Crippen molar-refractivity contribution in [2.75, 3.05) is 26.2 Å². The molecule has 3 N–H and O–H groups in total. The molecule has 1 aromatic rings. The van der Waals surface area contributed by atoms with Gasteiger partial charge in [0.15, 0.2) is 11.6 Å². The Morgan fingerprint density at radius 1 is 1.31 bits per heavy atom. The summed E-state index contributed by atoms with van der Waals surface area (Å²) in [5, 5.41) is 2.24. The molecule has 0 aliphatic carbocycles. The van der Waals surface area contributed by atoms with Gasteiger partial charge in [-0.25, -0.2) is 14.6 Å². The molecule has 8 heteroatoms. The molecule has 0 atom stereocenters. The molecule has 7 nitrogen and oxygen atoms in total. The van der Waals surface area contributed by atoms with Gasteiger partial charge in [0.2, 0.25) is 5.91 Å². The van der Waals surface area contributed by atoms with Gasteiger partial charge in [-0.2, -0.15) is 0 Å². The second-order valence-corrected chi connectivity index (χ2v) is 8.02. The van der Waals surface area contributed by atoms with Gasteiger partial charge in [0.25, 0.3) is 0 Å². The Morgan fingerprint density at radius 2 is 2.07 bits per heavy atom. The number of carbonyl (C=O) groups is 2. The molecule has 0 spiro atoms. The van der Waals surface area contributed by atoms with Gasteiger partial charge < -0.3 is 9.64 Å². The largest absolute Gasteiger partial charge is 0.490 e. The molecular formula is C21H31FN4O3. The van der Waals surface area contributed by atoms with Crippen molar-refractivity contribution in [1.29, 1.82) is 0 Å². The number of hydrazine groups is 1. The van der Waals surface area contributed by atoms with Crippen LogP contribution in [-0.2, 0) is 10.3 Å². The Kier molecular flexibility index (Phi) is 8.16. The fourth-order valence-electron chi connectivity index (χ4n) is 2.72. The van der Waals surface area contributed by atoms with E-state index >= 15 is 0 Å². The van der Waals surface area contributed by atoms with Crippen molar-refractivity contribution in [3.8, 4) is 5.75 Å². The summed E-state index contributed by atoms with van der Waals surface area (Å²) in [5.41, 5.74) is 6.90. The molecule has 1 aliphatic rings. The van der Waals surface area contributed by atoms with Crippen LogP contribution in [0.5, 0.6) is 5.75 Å². The predicted molar refractivity (Wildman–Crippen MR) is 110 cm³/mol. The third-order valence-electron chi connectivity index (χ3n) is 4.42. The third-order valence-corrected chi connectivity index (χ3v) is 4.42. The Morgan fingerprint density at radius 3 is 2.72 bits per heavy atom. The van der Waals surface area contributed by atoms with Crippen LogP contribution < -0.4 is 20.9 Å². The lowest BCUT2D eigenvalue weighted by atomic mass is 9.95. The highest BCUT2D eigenvalue weighted by Crippen LogP contribution is 2.26. The number of nitrogens with zero attached hydrogens (tertiary/aromatic N) is 1. The van der Waals surface area contributed by atoms with E-state index in [-0.39, 0.29) is 30.0 Å². The van der Waals surface area contributed by atoms with Gasteiger partial charge in [-0.3, -0.25) is 15.5 Å². The lowest BCUT2D eigenvalue weighted by Crippen LogP contribution is -2.46. The van der Waals surface area contributed by atoms with E-state index in [1.165, 1.54) is 11.0 Å². The lowest BCUT2D eigenvalue weighted by molar-refractivity contribution is -0.118. The minimum absolute atomic E-state index is 0.109. The molecule has 160 valence electrons. The quantitative estimate of drug-likeness (QED) is 0.228. The zero-order valence-corrected chi connectivity index (χ0v) is 17.5. The maximum Gasteiger partial charge on any atom is 0.324 e. The number of nitrogens with one attached hydrogen (secondary N) is 3. The Hall–Kier alpha value is -2.45. The highest BCUT2D eigenvalue weighted by Gasteiger charge is 2.25. The zero-order chi connectivity index (χ0) is 21.4. The molecule has 1 saturated heterocycles. The van der Waals surface area contributed by atoms with Crippen LogP contribution in [0.25, 0.3) is 0 Å². The molecule has 3 amide bonds. The van der Waals surface area contributed by atoms with E-state index in [9.17, 15) is 14.0 Å². The molecule has 1 heterocycles. The number of imide groups is 1. The summed E-state index contributed by atoms with van der Waals surface area (Å²) < 4.78 is 19.5. The van der Waals surface area contributed by atoms with E-state index < -0.39 is 5.54 Å². The lowest BCUT2D eigenvalue weighted by Gasteiger charge is -2.28. The first-order valence-electron chi connectivity index (χ1n) is 9.85. The summed E-state index contributed by atoms with van der Waals surface area (Å²) in [4.78, 5) is 24.0. The molecule has 0 bridgehead atoms. The highest BCUT2D eigenvalue weighted by atomic mass is 19.1. The van der Waals surface area contributed by atoms with Gasteiger partial charge in [-0.05, 0) is 43.9 Å². The maximum absolute atomic E-state index is 14.0. The molecule has 0 unspecified atom stereocenters. The van der Waals surface area contributed by atoms with Crippen molar-refractivity contribution in [2.24, 2.45) is 5.92 Å². The van der Waals surface area contributed by atoms with Crippen LogP contribution in [0.15, 0.2) is 30.4 Å². The normalized spacial score (nSPS) is 14.9. The number of amides is 3. The summed E-state index contributed by atoms with van der Waals surface area (Å²) in [6.07, 6.45) is 4.56. The summed E-state index contributed by atoms with van der Waals surface area (Å²) in [6, 6.07) is 4.55. The number of ether oxygens (including phenoxy) is 1. The molecular weight excluding hydrogens is 375 g/mol. The Bertz CT molecular complexity index is 749. The van der Waals surface area contributed by atoms with Gasteiger partial charge in [-0.1, -0.05) is 32.1 Å². The SMILES string of the molecule is CC(C)COc1cc(C(C)(C)NNCC/C=C/CN2CC(=O)NC2=O)ccc1F. The van der Waals surface area contributed by atoms with Crippen molar-refractivity contribution >= 4 is 11.9 Å². The van der Waals surface area contributed by atoms with Crippen LogP contribution in [0.4, 0.5) is 9.18 Å². The molecule has 1 aliphatic heterocycles. The van der Waals surface area contributed by atoms with E-state index in [0.29, 0.717) is 25.6 Å². The van der Waals surface area contributed by atoms with Crippen molar-refractivity contribution in [2.45, 2.75) is 39.7 Å². The predicted octanol–water partition coefficient (Wildman–Crippen LogP) is 2.69. The van der Waals surface area contributed by atoms with Gasteiger partial charge in [0.1, 0.15) is 6.54 Å². The maximum atomic E-state index is 14.0. The van der Waals surface area contributed by atoms with Crippen LogP contribution in [0, 0.1) is 11.7 Å². The topological polar surface area (TPSA) is 82.7 Å². The summed E-state index contributed by atoms with van der Waals surface area (Å²) in [7, 11) is 0. The van der Waals surface area contributed by atoms with Crippen LogP contribution in [0.1, 0.15) is 39.7 Å². The van der Waals surface area contributed by atoms with E-state index in [2.05, 4.69) is 16.2 Å². The summed E-state index contributed by atoms with van der Waals surface area (Å²) >= 11 is 0. The number of carbonyl (C=O) groups excluding carboxylic acids is 2. The van der Waals surface area contributed by atoms with Crippen molar-refractivity contribution in [3.63, 3.8) is 0 Å². The number of halogens is 1. The van der Waals surface area contributed by atoms with Gasteiger partial charge >= 0.3 is 6.03 Å². The molecule has 0 aromatic heterocycles. The third kappa shape index (κ3) is 7.14. The fourth-order valence-corrected chi connectivity index (χ4v) is 2.72. The van der Waals surface area contributed by atoms with Crippen LogP contribution in [-0.4, -0.2) is 43.1 Å². The minimum Gasteiger partial charge on any atom is -0.490 e. The number of rotatable bonds is 11. The van der Waals surface area contributed by atoms with Gasteiger partial charge in [-0.15, -0.1) is 0 Å². The van der Waals surface area contributed by atoms with Crippen molar-refractivity contribution in [1.82, 2.24) is 21.1 Å². The second-order valence-electron chi connectivity index (χ2n) is 8.02. The first-order valence-corrected chi connectivity index (χ1v) is 9.85. The van der Waals surface area contributed by atoms with E-state index in [4.69, 9.17) is 4.74 Å². The standard InChI is InChI=1S/C21H31FN4O3/c1-15(2)14-29-18-12-16(8-9-17(18)22)21(3,4)25-23-10-6-5-7-11-26-13-19(27)24-20(26)28/h5,7-9,12,15,23,25H,6,10-11,13-14H2,1-4H3,(H,24,27,28)/b7-5+. The molecule has 1 aromatic carbocycles. The second kappa shape index (κ2) is 10.4. The zero-order valence-electron chi connectivity index (χ0n) is 17.5. The molecule has 1 fully saturated rings. The van der Waals surface area contributed by atoms with Crippen LogP contribution >= 0.6 is 0 Å². The monoisotopic (exact) mass is 406 g/mol. The van der Waals surface area contributed by atoms with E-state index in [0.717, 1.165) is 12.0 Å². The molecule has 0 saturated carbocycles. The van der Waals surface area contributed by atoms with Crippen molar-refractivity contribution in [3.05, 3.63) is 41.7 Å². The number of benzene rings is 1. The smallest absolute Gasteiger partial charge is 0.324 e. The van der Waals surface area contributed by atoms with E-state index in [1.807, 2.05) is 39.8 Å². The Labute approximate surface area is 171 Å². The number of hydrogen-bond donors (Lipinski definition) is 3. The van der Waals surface area contributed by atoms with E-state index in [1.54, 1.807) is 12.1 Å². The van der Waals surface area contributed by atoms with Crippen molar-refractivity contribution < 1.29 is 18.7 Å². The first-order chi connectivity index (χ1) is 13.7. The number of hydrogen-bond acceptors (Lipinski definition) is 5. The summed E-state index contributed by atoms with van der Waals surface area (Å²) in [6.45, 7) is 9.69. The fraction of sp³-hybridized carbons (Fsp3) is 0.524. The average molecular weight is 407 g/mol. The first kappa shape index (κ1) is 22.8. The Balaban J connectivity index is 1.76. The van der Waals surface area contributed by atoms with Gasteiger partial charge in [0, 0.05) is 13.1 Å². The molecule has 2 rings (SSSR count). The summed E-state index contributed by atoms with van der Waals surface area (Å²) in [5.74, 6) is -0.0515. The average Bonchev–Trinajstić information content (AvgIpc) is 2.97. The molecule has 0 radical (unpaired) electrons. The van der Waals surface area contributed by atoms with Crippen LogP contribution in [0.2, 0.25) is 0 Å². The van der Waals surface area contributed by atoms with Gasteiger partial charge in [0.05, 0.1) is 12.1 Å². The molecule has 29 heavy (non-hydrogen) atoms. The minimum atomic E-state index is -0.429. The van der Waals surface area contributed by atoms with Crippen LogP contribution in [0.3, 0.4) is 0 Å².